The molecular weight excluding hydrogens is 474 g/mol. The second-order valence-electron chi connectivity index (χ2n) is 7.96. The summed E-state index contributed by atoms with van der Waals surface area (Å²) in [5, 5.41) is 17.7. The number of ether oxygens (including phenoxy) is 1. The molecule has 0 saturated carbocycles. The number of carbonyl (C=O) groups is 1. The molecule has 0 radical (unpaired) electrons. The Morgan fingerprint density at radius 2 is 1.86 bits per heavy atom. The number of carbonyl (C=O) groups excluding carboxylic acids is 1. The van der Waals surface area contributed by atoms with Gasteiger partial charge in [-0.15, -0.1) is 0 Å². The number of nitrogens with zero attached hydrogens (tertiary/aromatic N) is 4. The maximum Gasteiger partial charge on any atom is 0.269 e. The number of hydrogen-bond acceptors (Lipinski definition) is 7. The molecule has 0 bridgehead atoms. The summed E-state index contributed by atoms with van der Waals surface area (Å²) in [6.07, 6.45) is 5.47. The normalized spacial score (nSPS) is 14.4. The van der Waals surface area contributed by atoms with Gasteiger partial charge in [0.05, 0.1) is 39.6 Å². The van der Waals surface area contributed by atoms with Gasteiger partial charge in [-0.05, 0) is 50.1 Å². The largest absolute Gasteiger partial charge is 0.492 e. The Labute approximate surface area is 202 Å². The van der Waals surface area contributed by atoms with Crippen LogP contribution in [0.5, 0.6) is 5.75 Å². The Morgan fingerprint density at radius 1 is 1.14 bits per heavy atom. The first-order valence-corrected chi connectivity index (χ1v) is 12.6. The van der Waals surface area contributed by atoms with Gasteiger partial charge < -0.3 is 10.1 Å². The zero-order valence-corrected chi connectivity index (χ0v) is 19.9. The smallest absolute Gasteiger partial charge is 0.269 e. The van der Waals surface area contributed by atoms with Gasteiger partial charge in [0.1, 0.15) is 5.75 Å². The van der Waals surface area contributed by atoms with Crippen molar-refractivity contribution in [3.63, 3.8) is 0 Å². The predicted molar refractivity (Wildman–Crippen MR) is 128 cm³/mol. The summed E-state index contributed by atoms with van der Waals surface area (Å²) in [6, 6.07) is 10.2. The molecule has 12 heteroatoms. The van der Waals surface area contributed by atoms with Crippen LogP contribution in [0.15, 0.2) is 59.8 Å². The number of amides is 1. The molecule has 1 amide bonds. The number of anilines is 1. The van der Waals surface area contributed by atoms with Crippen LogP contribution in [0.25, 0.3) is 5.69 Å². The minimum Gasteiger partial charge on any atom is -0.492 e. The van der Waals surface area contributed by atoms with Crippen molar-refractivity contribution >= 4 is 27.3 Å². The van der Waals surface area contributed by atoms with E-state index in [9.17, 15) is 23.3 Å². The first kappa shape index (κ1) is 24.4. The number of non-ortho nitro benzene ring substituents is 1. The highest BCUT2D eigenvalue weighted by molar-refractivity contribution is 7.89. The molecule has 0 spiro atoms. The van der Waals surface area contributed by atoms with Crippen molar-refractivity contribution < 1.29 is 22.9 Å². The number of rotatable bonds is 8. The summed E-state index contributed by atoms with van der Waals surface area (Å²) in [4.78, 5) is 23.4. The molecule has 1 N–H and O–H groups in total. The zero-order valence-electron chi connectivity index (χ0n) is 19.1. The molecule has 1 aliphatic heterocycles. The maximum absolute atomic E-state index is 13.1. The first-order valence-electron chi connectivity index (χ1n) is 11.2. The number of nitro benzene ring substituents is 1. The van der Waals surface area contributed by atoms with Crippen molar-refractivity contribution in [2.75, 3.05) is 25.0 Å². The highest BCUT2D eigenvalue weighted by Gasteiger charge is 2.27. The molecule has 184 valence electrons. The van der Waals surface area contributed by atoms with Crippen LogP contribution in [0.2, 0.25) is 0 Å². The summed E-state index contributed by atoms with van der Waals surface area (Å²) < 4.78 is 34.7. The number of nitro groups is 1. The summed E-state index contributed by atoms with van der Waals surface area (Å²) in [7, 11) is -3.70. The molecule has 3 aromatic rings. The van der Waals surface area contributed by atoms with E-state index in [1.165, 1.54) is 63.8 Å². The van der Waals surface area contributed by atoms with Crippen LogP contribution in [-0.2, 0) is 10.0 Å². The van der Waals surface area contributed by atoms with E-state index >= 15 is 0 Å². The molecule has 11 nitrogen and oxygen atoms in total. The van der Waals surface area contributed by atoms with E-state index in [1.807, 2.05) is 0 Å². The Morgan fingerprint density at radius 3 is 2.51 bits per heavy atom. The SMILES string of the molecule is CCOc1ccc(S(=O)(=O)N2CCCCC2)cc1NC(=O)c1cnn(-c2ccc([N+](=O)[O-])cc2)c1. The van der Waals surface area contributed by atoms with Gasteiger partial charge in [0.2, 0.25) is 10.0 Å². The van der Waals surface area contributed by atoms with Gasteiger partial charge in [0, 0.05) is 31.4 Å². The van der Waals surface area contributed by atoms with Gasteiger partial charge >= 0.3 is 0 Å². The van der Waals surface area contributed by atoms with Crippen molar-refractivity contribution in [2.45, 2.75) is 31.1 Å². The fraction of sp³-hybridized carbons (Fsp3) is 0.304. The van der Waals surface area contributed by atoms with E-state index < -0.39 is 20.9 Å². The van der Waals surface area contributed by atoms with E-state index in [4.69, 9.17) is 4.74 Å². The molecular formula is C23H25N5O6S. The number of piperidine rings is 1. The quantitative estimate of drug-likeness (QED) is 0.369. The van der Waals surface area contributed by atoms with Crippen LogP contribution in [0.3, 0.4) is 0 Å². The lowest BCUT2D eigenvalue weighted by Crippen LogP contribution is -2.35. The Kier molecular flexibility index (Phi) is 7.12. The highest BCUT2D eigenvalue weighted by Crippen LogP contribution is 2.30. The number of nitrogens with one attached hydrogen (secondary N) is 1. The zero-order chi connectivity index (χ0) is 25.0. The van der Waals surface area contributed by atoms with Gasteiger partial charge in [0.15, 0.2) is 0 Å². The molecule has 2 aromatic carbocycles. The second kappa shape index (κ2) is 10.2. The molecule has 35 heavy (non-hydrogen) atoms. The number of sulfonamides is 1. The van der Waals surface area contributed by atoms with Crippen LogP contribution in [-0.4, -0.2) is 53.0 Å². The number of hydrogen-bond donors (Lipinski definition) is 1. The van der Waals surface area contributed by atoms with E-state index in [0.717, 1.165) is 19.3 Å². The predicted octanol–water partition coefficient (Wildman–Crippen LogP) is 3.61. The van der Waals surface area contributed by atoms with Crippen LogP contribution in [0.4, 0.5) is 11.4 Å². The van der Waals surface area contributed by atoms with Crippen LogP contribution in [0.1, 0.15) is 36.5 Å². The molecule has 1 aromatic heterocycles. The van der Waals surface area contributed by atoms with Gasteiger partial charge in [-0.3, -0.25) is 14.9 Å². The molecule has 4 rings (SSSR count). The van der Waals surface area contributed by atoms with E-state index in [1.54, 1.807) is 6.92 Å². The van der Waals surface area contributed by atoms with E-state index in [2.05, 4.69) is 10.4 Å². The van der Waals surface area contributed by atoms with Gasteiger partial charge in [-0.1, -0.05) is 6.42 Å². The van der Waals surface area contributed by atoms with Crippen LogP contribution >= 0.6 is 0 Å². The van der Waals surface area contributed by atoms with Gasteiger partial charge in [-0.25, -0.2) is 13.1 Å². The molecule has 0 aliphatic carbocycles. The Bertz CT molecular complexity index is 1330. The Balaban J connectivity index is 1.57. The minimum atomic E-state index is -3.70. The van der Waals surface area contributed by atoms with Gasteiger partial charge in [-0.2, -0.15) is 9.40 Å². The van der Waals surface area contributed by atoms with Crippen molar-refractivity contribution in [1.82, 2.24) is 14.1 Å². The van der Waals surface area contributed by atoms with E-state index in [-0.39, 0.29) is 21.8 Å². The fourth-order valence-corrected chi connectivity index (χ4v) is 5.35. The van der Waals surface area contributed by atoms with Gasteiger partial charge in [0.25, 0.3) is 11.6 Å². The van der Waals surface area contributed by atoms with Crippen molar-refractivity contribution in [1.29, 1.82) is 0 Å². The first-order chi connectivity index (χ1) is 16.8. The van der Waals surface area contributed by atoms with Crippen molar-refractivity contribution in [3.05, 3.63) is 70.5 Å². The van der Waals surface area contributed by atoms with Crippen LogP contribution < -0.4 is 10.1 Å². The summed E-state index contributed by atoms with van der Waals surface area (Å²) in [5.74, 6) is -0.159. The lowest BCUT2D eigenvalue weighted by Gasteiger charge is -2.26. The molecule has 2 heterocycles. The maximum atomic E-state index is 13.1. The standard InChI is InChI=1S/C23H25N5O6S/c1-2-34-22-11-10-20(35(32,33)26-12-4-3-5-13-26)14-21(22)25-23(29)17-15-24-27(16-17)18-6-8-19(9-7-18)28(30)31/h6-11,14-16H,2-5,12-13H2,1H3,(H,25,29). The van der Waals surface area contributed by atoms with E-state index in [0.29, 0.717) is 31.1 Å². The third kappa shape index (κ3) is 5.33. The monoisotopic (exact) mass is 499 g/mol. The summed E-state index contributed by atoms with van der Waals surface area (Å²) in [6.45, 7) is 3.06. The topological polar surface area (TPSA) is 137 Å². The third-order valence-corrected chi connectivity index (χ3v) is 7.52. The Hall–Kier alpha value is -3.77. The highest BCUT2D eigenvalue weighted by atomic mass is 32.2. The number of aromatic nitrogens is 2. The average molecular weight is 500 g/mol. The second-order valence-corrected chi connectivity index (χ2v) is 9.89. The van der Waals surface area contributed by atoms with Crippen LogP contribution in [0, 0.1) is 10.1 Å². The lowest BCUT2D eigenvalue weighted by molar-refractivity contribution is -0.384. The average Bonchev–Trinajstić information content (AvgIpc) is 3.36. The summed E-state index contributed by atoms with van der Waals surface area (Å²) >= 11 is 0. The van der Waals surface area contributed by atoms with Crippen molar-refractivity contribution in [2.24, 2.45) is 0 Å². The summed E-state index contributed by atoms with van der Waals surface area (Å²) in [5.41, 5.74) is 0.939. The van der Waals surface area contributed by atoms with Crippen molar-refractivity contribution in [3.8, 4) is 11.4 Å². The lowest BCUT2D eigenvalue weighted by atomic mass is 10.2. The fourth-order valence-electron chi connectivity index (χ4n) is 3.81. The minimum absolute atomic E-state index is 0.0540. The third-order valence-electron chi connectivity index (χ3n) is 5.62. The molecule has 1 aliphatic rings. The molecule has 1 saturated heterocycles. The molecule has 0 unspecified atom stereocenters. The number of benzene rings is 2. The molecule has 1 fully saturated rings. The molecule has 0 atom stereocenters.